The Hall–Kier alpha value is -1.96. The molecule has 2 heterocycles. The molecule has 0 spiro atoms. The number of halogens is 2. The maximum atomic E-state index is 12.8. The number of thiophene rings is 1. The Kier molecular flexibility index (Phi) is 5.70. The fraction of sp³-hybridized carbons (Fsp3) is 0.467. The smallest absolute Gasteiger partial charge is 0.319 e. The minimum atomic E-state index is -2.60. The van der Waals surface area contributed by atoms with Crippen LogP contribution in [0.25, 0.3) is 0 Å². The van der Waals surface area contributed by atoms with Gasteiger partial charge in [-0.3, -0.25) is 9.56 Å². The van der Waals surface area contributed by atoms with Crippen molar-refractivity contribution in [2.24, 2.45) is 4.99 Å². The average Bonchev–Trinajstić information content (AvgIpc) is 3.19. The molecule has 0 aromatic carbocycles. The summed E-state index contributed by atoms with van der Waals surface area (Å²) >= 11 is 1.71. The molecule has 0 unspecified atom stereocenters. The summed E-state index contributed by atoms with van der Waals surface area (Å²) in [5.41, 5.74) is -0.0484. The highest BCUT2D eigenvalue weighted by molar-refractivity contribution is 7.10. The van der Waals surface area contributed by atoms with Gasteiger partial charge in [0.15, 0.2) is 5.96 Å². The zero-order valence-corrected chi connectivity index (χ0v) is 14.2. The number of hydrogen-bond acceptors (Lipinski definition) is 3. The van der Waals surface area contributed by atoms with Gasteiger partial charge in [0.05, 0.1) is 6.54 Å². The lowest BCUT2D eigenvalue weighted by Crippen LogP contribution is -2.43. The first-order valence-electron chi connectivity index (χ1n) is 7.22. The van der Waals surface area contributed by atoms with Crippen molar-refractivity contribution in [1.29, 1.82) is 0 Å². The van der Waals surface area contributed by atoms with Crippen LogP contribution < -0.4 is 10.6 Å². The van der Waals surface area contributed by atoms with Gasteiger partial charge in [-0.15, -0.1) is 11.3 Å². The second-order valence-electron chi connectivity index (χ2n) is 5.67. The first-order valence-corrected chi connectivity index (χ1v) is 8.10. The number of nitrogens with one attached hydrogen (secondary N) is 2. The topological polar surface area (TPSA) is 54.2 Å². The van der Waals surface area contributed by atoms with Crippen LogP contribution in [0, 0.1) is 0 Å². The molecule has 0 bridgehead atoms. The highest BCUT2D eigenvalue weighted by Gasteiger charge is 2.22. The number of aromatic nitrogens is 2. The fourth-order valence-corrected chi connectivity index (χ4v) is 2.95. The summed E-state index contributed by atoms with van der Waals surface area (Å²) in [5, 5.41) is 8.29. The van der Waals surface area contributed by atoms with Crippen LogP contribution in [0.3, 0.4) is 0 Å². The summed E-state index contributed by atoms with van der Waals surface area (Å²) in [6.07, 6.45) is 2.62. The first-order chi connectivity index (χ1) is 10.9. The molecule has 2 aromatic heterocycles. The highest BCUT2D eigenvalue weighted by Crippen LogP contribution is 2.26. The Morgan fingerprint density at radius 1 is 1.43 bits per heavy atom. The van der Waals surface area contributed by atoms with E-state index >= 15 is 0 Å². The Labute approximate surface area is 138 Å². The quantitative estimate of drug-likeness (QED) is 0.627. The first kappa shape index (κ1) is 17.4. The number of nitrogens with zero attached hydrogens (tertiary/aromatic N) is 3. The number of guanidine groups is 1. The van der Waals surface area contributed by atoms with Crippen LogP contribution in [0.2, 0.25) is 0 Å². The minimum absolute atomic E-state index is 0.0484. The van der Waals surface area contributed by atoms with E-state index in [4.69, 9.17) is 0 Å². The lowest BCUT2D eigenvalue weighted by atomic mass is 9.91. The van der Waals surface area contributed by atoms with Crippen molar-refractivity contribution in [1.82, 2.24) is 20.2 Å². The van der Waals surface area contributed by atoms with E-state index in [-0.39, 0.29) is 17.8 Å². The lowest BCUT2D eigenvalue weighted by Gasteiger charge is -2.25. The SMILES string of the molecule is CN=C(NCc1nccn1C(F)F)NCC(C)(C)c1cccs1. The van der Waals surface area contributed by atoms with E-state index in [9.17, 15) is 8.78 Å². The third-order valence-electron chi connectivity index (χ3n) is 3.48. The molecule has 126 valence electrons. The van der Waals surface area contributed by atoms with Crippen molar-refractivity contribution < 1.29 is 8.78 Å². The number of hydrogen-bond donors (Lipinski definition) is 2. The third-order valence-corrected chi connectivity index (χ3v) is 4.72. The van der Waals surface area contributed by atoms with Gasteiger partial charge in [0.25, 0.3) is 0 Å². The van der Waals surface area contributed by atoms with E-state index in [1.54, 1.807) is 18.4 Å². The van der Waals surface area contributed by atoms with E-state index in [0.29, 0.717) is 12.5 Å². The minimum Gasteiger partial charge on any atom is -0.356 e. The van der Waals surface area contributed by atoms with Crippen LogP contribution in [0.4, 0.5) is 8.78 Å². The molecule has 5 nitrogen and oxygen atoms in total. The summed E-state index contributed by atoms with van der Waals surface area (Å²) < 4.78 is 26.4. The zero-order chi connectivity index (χ0) is 16.9. The predicted molar refractivity (Wildman–Crippen MR) is 89.0 cm³/mol. The molecule has 23 heavy (non-hydrogen) atoms. The molecule has 0 fully saturated rings. The Balaban J connectivity index is 1.90. The van der Waals surface area contributed by atoms with Crippen LogP contribution in [-0.2, 0) is 12.0 Å². The molecule has 0 aliphatic carbocycles. The molecule has 8 heteroatoms. The van der Waals surface area contributed by atoms with Gasteiger partial charge in [-0.1, -0.05) is 19.9 Å². The maximum Gasteiger partial charge on any atom is 0.319 e. The summed E-state index contributed by atoms with van der Waals surface area (Å²) in [5.74, 6) is 0.818. The highest BCUT2D eigenvalue weighted by atomic mass is 32.1. The van der Waals surface area contributed by atoms with Crippen molar-refractivity contribution in [3.63, 3.8) is 0 Å². The standard InChI is InChI=1S/C15H21F2N5S/c1-15(2,11-5-4-8-23-11)10-21-14(18-3)20-9-12-19-6-7-22(12)13(16)17/h4-8,13H,9-10H2,1-3H3,(H2,18,20,21). The summed E-state index contributed by atoms with van der Waals surface area (Å²) in [6.45, 7) is 2.54. The summed E-state index contributed by atoms with van der Waals surface area (Å²) in [7, 11) is 1.65. The van der Waals surface area contributed by atoms with Crippen molar-refractivity contribution in [2.75, 3.05) is 13.6 Å². The molecule has 0 radical (unpaired) electrons. The predicted octanol–water partition coefficient (Wildman–Crippen LogP) is 2.98. The van der Waals surface area contributed by atoms with Gasteiger partial charge in [0.2, 0.25) is 0 Å². The lowest BCUT2D eigenvalue weighted by molar-refractivity contribution is 0.0668. The van der Waals surface area contributed by atoms with Gasteiger partial charge in [-0.05, 0) is 11.4 Å². The monoisotopic (exact) mass is 341 g/mol. The number of aliphatic imine (C=N–C) groups is 1. The van der Waals surface area contributed by atoms with E-state index in [1.165, 1.54) is 17.3 Å². The maximum absolute atomic E-state index is 12.8. The van der Waals surface area contributed by atoms with Gasteiger partial charge < -0.3 is 10.6 Å². The Morgan fingerprint density at radius 2 is 2.22 bits per heavy atom. The molecular formula is C15H21F2N5S. The van der Waals surface area contributed by atoms with Gasteiger partial charge in [0, 0.05) is 36.3 Å². The van der Waals surface area contributed by atoms with Crippen LogP contribution >= 0.6 is 11.3 Å². The fourth-order valence-electron chi connectivity index (χ4n) is 2.10. The summed E-state index contributed by atoms with van der Waals surface area (Å²) in [6, 6.07) is 4.13. The van der Waals surface area contributed by atoms with Crippen molar-refractivity contribution >= 4 is 17.3 Å². The molecule has 2 rings (SSSR count). The number of alkyl halides is 2. The van der Waals surface area contributed by atoms with E-state index in [0.717, 1.165) is 4.57 Å². The van der Waals surface area contributed by atoms with E-state index < -0.39 is 6.55 Å². The van der Waals surface area contributed by atoms with Crippen LogP contribution in [0.15, 0.2) is 34.9 Å². The normalized spacial score (nSPS) is 12.7. The van der Waals surface area contributed by atoms with E-state index in [2.05, 4.69) is 40.5 Å². The second-order valence-corrected chi connectivity index (χ2v) is 6.62. The van der Waals surface area contributed by atoms with Gasteiger partial charge in [0.1, 0.15) is 5.82 Å². The molecule has 2 N–H and O–H groups in total. The van der Waals surface area contributed by atoms with Crippen molar-refractivity contribution in [3.8, 4) is 0 Å². The Morgan fingerprint density at radius 3 is 2.83 bits per heavy atom. The molecule has 0 aliphatic heterocycles. The number of rotatable bonds is 6. The molecule has 0 amide bonds. The largest absolute Gasteiger partial charge is 0.356 e. The van der Waals surface area contributed by atoms with Gasteiger partial charge in [-0.2, -0.15) is 8.78 Å². The molecule has 2 aromatic rings. The average molecular weight is 341 g/mol. The van der Waals surface area contributed by atoms with E-state index in [1.807, 2.05) is 11.4 Å². The zero-order valence-electron chi connectivity index (χ0n) is 13.4. The Bertz CT molecular complexity index is 634. The van der Waals surface area contributed by atoms with Crippen molar-refractivity contribution in [3.05, 3.63) is 40.6 Å². The van der Waals surface area contributed by atoms with Crippen molar-refractivity contribution in [2.45, 2.75) is 32.4 Å². The molecular weight excluding hydrogens is 320 g/mol. The van der Waals surface area contributed by atoms with Crippen LogP contribution in [-0.4, -0.2) is 29.1 Å². The van der Waals surface area contributed by atoms with Crippen LogP contribution in [0.5, 0.6) is 0 Å². The van der Waals surface area contributed by atoms with Gasteiger partial charge in [-0.25, -0.2) is 4.98 Å². The molecule has 0 atom stereocenters. The number of imidazole rings is 1. The van der Waals surface area contributed by atoms with Crippen LogP contribution in [0.1, 0.15) is 31.1 Å². The summed E-state index contributed by atoms with van der Waals surface area (Å²) in [4.78, 5) is 9.32. The molecule has 0 saturated carbocycles. The second kappa shape index (κ2) is 7.54. The van der Waals surface area contributed by atoms with Gasteiger partial charge >= 0.3 is 6.55 Å². The molecule has 0 saturated heterocycles. The third kappa shape index (κ3) is 4.51. The molecule has 0 aliphatic rings.